The van der Waals surface area contributed by atoms with Gasteiger partial charge < -0.3 is 19.5 Å². The second-order valence-electron chi connectivity index (χ2n) is 7.07. The van der Waals surface area contributed by atoms with Crippen molar-refractivity contribution >= 4 is 17.4 Å². The van der Waals surface area contributed by atoms with Gasteiger partial charge in [-0.05, 0) is 43.7 Å². The van der Waals surface area contributed by atoms with Crippen molar-refractivity contribution in [2.24, 2.45) is 0 Å². The van der Waals surface area contributed by atoms with Crippen LogP contribution in [-0.4, -0.2) is 18.5 Å². The van der Waals surface area contributed by atoms with E-state index >= 15 is 0 Å². The summed E-state index contributed by atoms with van der Waals surface area (Å²) >= 11 is 0. The minimum absolute atomic E-state index is 0.0877. The number of benzene rings is 3. The summed E-state index contributed by atoms with van der Waals surface area (Å²) in [6.07, 6.45) is 0. The van der Waals surface area contributed by atoms with Gasteiger partial charge in [-0.3, -0.25) is 9.59 Å². The van der Waals surface area contributed by atoms with Gasteiger partial charge in [0.2, 0.25) is 6.79 Å². The van der Waals surface area contributed by atoms with Crippen LogP contribution in [0.4, 0.5) is 5.69 Å². The Morgan fingerprint density at radius 1 is 1.00 bits per heavy atom. The summed E-state index contributed by atoms with van der Waals surface area (Å²) < 4.78 is 16.5. The molecule has 0 saturated heterocycles. The molecule has 6 nitrogen and oxygen atoms in total. The van der Waals surface area contributed by atoms with Crippen LogP contribution in [0.2, 0.25) is 0 Å². The number of amides is 1. The molecule has 0 aromatic heterocycles. The molecule has 1 aliphatic heterocycles. The van der Waals surface area contributed by atoms with Crippen LogP contribution in [-0.2, 0) is 6.61 Å². The van der Waals surface area contributed by atoms with Gasteiger partial charge in [-0.2, -0.15) is 0 Å². The van der Waals surface area contributed by atoms with Gasteiger partial charge in [0.1, 0.15) is 12.4 Å². The summed E-state index contributed by atoms with van der Waals surface area (Å²) in [6.45, 7) is 3.96. The van der Waals surface area contributed by atoms with Gasteiger partial charge in [0, 0.05) is 17.2 Å². The number of ketones is 1. The predicted octanol–water partition coefficient (Wildman–Crippen LogP) is 4.76. The Morgan fingerprint density at radius 2 is 1.77 bits per heavy atom. The van der Waals surface area contributed by atoms with Crippen molar-refractivity contribution in [3.63, 3.8) is 0 Å². The Labute approximate surface area is 174 Å². The Kier molecular flexibility index (Phi) is 5.39. The first kappa shape index (κ1) is 19.5. The number of ether oxygens (including phenoxy) is 3. The fraction of sp³-hybridized carbons (Fsp3) is 0.167. The van der Waals surface area contributed by atoms with Crippen molar-refractivity contribution < 1.29 is 23.8 Å². The summed E-state index contributed by atoms with van der Waals surface area (Å²) in [5.41, 5.74) is 3.37. The molecule has 6 heteroatoms. The van der Waals surface area contributed by atoms with Crippen molar-refractivity contribution in [1.29, 1.82) is 0 Å². The largest absolute Gasteiger partial charge is 0.489 e. The quantitative estimate of drug-likeness (QED) is 0.601. The molecule has 0 spiro atoms. The monoisotopic (exact) mass is 403 g/mol. The normalized spacial score (nSPS) is 11.8. The predicted molar refractivity (Wildman–Crippen MR) is 112 cm³/mol. The standard InChI is InChI=1S/C24H21NO5/c1-15-5-3-6-17(9-15)13-28-19-8-4-7-18(10-19)24(27)25-21-12-23-22(29-14-30-23)11-20(21)16(2)26/h3-12H,13-14H2,1-2H3,(H,25,27). The fourth-order valence-corrected chi connectivity index (χ4v) is 3.23. The Morgan fingerprint density at radius 3 is 2.53 bits per heavy atom. The maximum atomic E-state index is 12.8. The number of Topliss-reactive ketones (excluding diaryl/α,β-unsaturated/α-hetero) is 1. The number of carbonyl (C=O) groups excluding carboxylic acids is 2. The summed E-state index contributed by atoms with van der Waals surface area (Å²) in [7, 11) is 0. The molecule has 1 heterocycles. The van der Waals surface area contributed by atoms with E-state index in [0.29, 0.717) is 40.7 Å². The lowest BCUT2D eigenvalue weighted by atomic mass is 10.1. The smallest absolute Gasteiger partial charge is 0.255 e. The highest BCUT2D eigenvalue weighted by atomic mass is 16.7. The number of hydrogen-bond acceptors (Lipinski definition) is 5. The van der Waals surface area contributed by atoms with Crippen LogP contribution in [0, 0.1) is 6.92 Å². The van der Waals surface area contributed by atoms with Gasteiger partial charge in [-0.25, -0.2) is 0 Å². The molecule has 0 aliphatic carbocycles. The molecular weight excluding hydrogens is 382 g/mol. The highest BCUT2D eigenvalue weighted by molar-refractivity contribution is 6.09. The molecule has 1 N–H and O–H groups in total. The molecule has 30 heavy (non-hydrogen) atoms. The highest BCUT2D eigenvalue weighted by Gasteiger charge is 2.21. The Bertz CT molecular complexity index is 1120. The first-order chi connectivity index (χ1) is 14.5. The van der Waals surface area contributed by atoms with E-state index in [9.17, 15) is 9.59 Å². The molecule has 0 saturated carbocycles. The van der Waals surface area contributed by atoms with E-state index in [1.807, 2.05) is 25.1 Å². The number of rotatable bonds is 6. The lowest BCUT2D eigenvalue weighted by Crippen LogP contribution is -2.14. The summed E-state index contributed by atoms with van der Waals surface area (Å²) in [5, 5.41) is 2.80. The van der Waals surface area contributed by atoms with E-state index in [1.54, 1.807) is 36.4 Å². The van der Waals surface area contributed by atoms with Gasteiger partial charge in [0.25, 0.3) is 5.91 Å². The van der Waals surface area contributed by atoms with E-state index in [1.165, 1.54) is 6.92 Å². The zero-order valence-electron chi connectivity index (χ0n) is 16.7. The summed E-state index contributed by atoms with van der Waals surface area (Å²) in [4.78, 5) is 24.8. The van der Waals surface area contributed by atoms with Crippen molar-refractivity contribution in [3.05, 3.63) is 82.9 Å². The van der Waals surface area contributed by atoms with Crippen LogP contribution in [0.3, 0.4) is 0 Å². The van der Waals surface area contributed by atoms with Crippen LogP contribution < -0.4 is 19.5 Å². The maximum absolute atomic E-state index is 12.8. The van der Waals surface area contributed by atoms with Crippen LogP contribution in [0.15, 0.2) is 60.7 Å². The first-order valence-electron chi connectivity index (χ1n) is 9.54. The average Bonchev–Trinajstić information content (AvgIpc) is 3.19. The zero-order valence-corrected chi connectivity index (χ0v) is 16.7. The van der Waals surface area contributed by atoms with Crippen LogP contribution in [0.1, 0.15) is 38.8 Å². The number of anilines is 1. The van der Waals surface area contributed by atoms with Crippen molar-refractivity contribution in [2.75, 3.05) is 12.1 Å². The minimum Gasteiger partial charge on any atom is -0.489 e. The highest BCUT2D eigenvalue weighted by Crippen LogP contribution is 2.37. The van der Waals surface area contributed by atoms with Crippen molar-refractivity contribution in [1.82, 2.24) is 0 Å². The van der Waals surface area contributed by atoms with Gasteiger partial charge in [-0.15, -0.1) is 0 Å². The fourth-order valence-electron chi connectivity index (χ4n) is 3.23. The van der Waals surface area contributed by atoms with Gasteiger partial charge in [-0.1, -0.05) is 35.9 Å². The van der Waals surface area contributed by atoms with E-state index < -0.39 is 0 Å². The molecular formula is C24H21NO5. The second-order valence-corrected chi connectivity index (χ2v) is 7.07. The second kappa shape index (κ2) is 8.29. The van der Waals surface area contributed by atoms with E-state index in [4.69, 9.17) is 14.2 Å². The van der Waals surface area contributed by atoms with Crippen LogP contribution in [0.25, 0.3) is 0 Å². The third-order valence-corrected chi connectivity index (χ3v) is 4.72. The molecule has 152 valence electrons. The van der Waals surface area contributed by atoms with Crippen molar-refractivity contribution in [3.8, 4) is 17.2 Å². The number of fused-ring (bicyclic) bond motifs is 1. The summed E-state index contributed by atoms with van der Waals surface area (Å²) in [5.74, 6) is 1.04. The maximum Gasteiger partial charge on any atom is 0.255 e. The minimum atomic E-state index is -0.350. The van der Waals surface area contributed by atoms with E-state index in [2.05, 4.69) is 11.4 Å². The van der Waals surface area contributed by atoms with Crippen molar-refractivity contribution in [2.45, 2.75) is 20.5 Å². The number of carbonyl (C=O) groups is 2. The third kappa shape index (κ3) is 4.27. The summed E-state index contributed by atoms with van der Waals surface area (Å²) in [6, 6.07) is 18.2. The lowest BCUT2D eigenvalue weighted by molar-refractivity contribution is 0.101. The Balaban J connectivity index is 1.50. The molecule has 0 unspecified atom stereocenters. The molecule has 0 fully saturated rings. The molecule has 4 rings (SSSR count). The van der Waals surface area contributed by atoms with E-state index in [0.717, 1.165) is 11.1 Å². The van der Waals surface area contributed by atoms with Crippen LogP contribution in [0.5, 0.6) is 17.2 Å². The van der Waals surface area contributed by atoms with Gasteiger partial charge in [0.05, 0.1) is 5.69 Å². The third-order valence-electron chi connectivity index (χ3n) is 4.72. The molecule has 1 amide bonds. The molecule has 3 aromatic carbocycles. The zero-order chi connectivity index (χ0) is 21.1. The van der Waals surface area contributed by atoms with Crippen LogP contribution >= 0.6 is 0 Å². The number of nitrogens with one attached hydrogen (secondary N) is 1. The Hall–Kier alpha value is -3.80. The molecule has 0 radical (unpaired) electrons. The first-order valence-corrected chi connectivity index (χ1v) is 9.54. The lowest BCUT2D eigenvalue weighted by Gasteiger charge is -2.12. The van der Waals surface area contributed by atoms with E-state index in [-0.39, 0.29) is 18.5 Å². The van der Waals surface area contributed by atoms with Gasteiger partial charge >= 0.3 is 0 Å². The molecule has 1 aliphatic rings. The molecule has 0 atom stereocenters. The number of hydrogen-bond donors (Lipinski definition) is 1. The average molecular weight is 403 g/mol. The topological polar surface area (TPSA) is 73.9 Å². The molecule has 0 bridgehead atoms. The molecule has 3 aromatic rings. The SMILES string of the molecule is CC(=O)c1cc2c(cc1NC(=O)c1cccc(OCc3cccc(C)c3)c1)OCO2. The van der Waals surface area contributed by atoms with Gasteiger partial charge in [0.15, 0.2) is 17.3 Å². The number of aryl methyl sites for hydroxylation is 1.